The van der Waals surface area contributed by atoms with Gasteiger partial charge in [-0.05, 0) is 35.9 Å². The normalized spacial score (nSPS) is 12.3. The molecule has 0 unspecified atom stereocenters. The van der Waals surface area contributed by atoms with Gasteiger partial charge in [0.15, 0.2) is 27.9 Å². The largest absolute Gasteiger partial charge is 0.483 e. The molecule has 178 valence electrons. The Morgan fingerprint density at radius 1 is 1.09 bits per heavy atom. The molecule has 4 rings (SSSR count). The minimum absolute atomic E-state index is 0.0628. The highest BCUT2D eigenvalue weighted by atomic mass is 35.5. The molecule has 0 saturated heterocycles. The lowest BCUT2D eigenvalue weighted by molar-refractivity contribution is -0.153. The van der Waals surface area contributed by atoms with Crippen LogP contribution in [0.25, 0.3) is 22.6 Å². The summed E-state index contributed by atoms with van der Waals surface area (Å²) >= 11 is 5.92. The summed E-state index contributed by atoms with van der Waals surface area (Å²) < 4.78 is 69.4. The molecule has 34 heavy (non-hydrogen) atoms. The molecule has 0 radical (unpaired) electrons. The molecule has 0 bridgehead atoms. The van der Waals surface area contributed by atoms with Gasteiger partial charge in [0, 0.05) is 16.8 Å². The number of nitrogens with zero attached hydrogens (tertiary/aromatic N) is 4. The van der Waals surface area contributed by atoms with Gasteiger partial charge >= 0.3 is 11.9 Å². The Hall–Kier alpha value is -3.38. The number of pyridine rings is 2. The van der Waals surface area contributed by atoms with Gasteiger partial charge in [-0.2, -0.15) is 17.9 Å². The van der Waals surface area contributed by atoms with Crippen molar-refractivity contribution in [2.24, 2.45) is 0 Å². The van der Waals surface area contributed by atoms with E-state index in [1.807, 2.05) is 0 Å². The van der Waals surface area contributed by atoms with Crippen molar-refractivity contribution in [2.75, 3.05) is 12.4 Å². The summed E-state index contributed by atoms with van der Waals surface area (Å²) in [7, 11) is -3.85. The minimum atomic E-state index is -4.55. The molecule has 0 atom stereocenters. The SMILES string of the molecule is CCS(=O)(=O)c1cc(-c2ccc(Cl)cc2)cnc1-n1nc2ccc(OCC(F)(F)F)cn2c1=O. The van der Waals surface area contributed by atoms with Gasteiger partial charge in [0.25, 0.3) is 0 Å². The number of hydrogen-bond acceptors (Lipinski definition) is 6. The van der Waals surface area contributed by atoms with Crippen molar-refractivity contribution >= 4 is 27.1 Å². The van der Waals surface area contributed by atoms with Crippen LogP contribution in [-0.2, 0) is 9.84 Å². The van der Waals surface area contributed by atoms with E-state index in [2.05, 4.69) is 14.8 Å². The van der Waals surface area contributed by atoms with Gasteiger partial charge in [0.05, 0.1) is 11.9 Å². The molecule has 0 aliphatic carbocycles. The molecular weight excluding hydrogens is 497 g/mol. The maximum absolute atomic E-state index is 13.0. The van der Waals surface area contributed by atoms with Crippen LogP contribution in [0.15, 0.2) is 64.5 Å². The Labute approximate surface area is 196 Å². The Bertz CT molecular complexity index is 1530. The first-order valence-electron chi connectivity index (χ1n) is 9.78. The highest BCUT2D eigenvalue weighted by Crippen LogP contribution is 2.27. The molecule has 0 aliphatic heterocycles. The Kier molecular flexibility index (Phi) is 6.13. The lowest BCUT2D eigenvalue weighted by Crippen LogP contribution is -2.23. The lowest BCUT2D eigenvalue weighted by Gasteiger charge is -2.10. The van der Waals surface area contributed by atoms with Gasteiger partial charge in [-0.1, -0.05) is 30.7 Å². The van der Waals surface area contributed by atoms with Gasteiger partial charge in [-0.15, -0.1) is 5.10 Å². The molecule has 0 fully saturated rings. The maximum Gasteiger partial charge on any atom is 0.422 e. The number of benzene rings is 1. The zero-order chi connectivity index (χ0) is 24.7. The number of halogens is 4. The number of hydrogen-bond donors (Lipinski definition) is 0. The van der Waals surface area contributed by atoms with Crippen molar-refractivity contribution in [3.63, 3.8) is 0 Å². The Morgan fingerprint density at radius 3 is 2.44 bits per heavy atom. The molecule has 1 aromatic carbocycles. The zero-order valence-electron chi connectivity index (χ0n) is 17.5. The van der Waals surface area contributed by atoms with Crippen LogP contribution in [0.3, 0.4) is 0 Å². The molecule has 0 amide bonds. The smallest absolute Gasteiger partial charge is 0.422 e. The summed E-state index contributed by atoms with van der Waals surface area (Å²) in [4.78, 5) is 17.0. The van der Waals surface area contributed by atoms with Crippen LogP contribution < -0.4 is 10.4 Å². The van der Waals surface area contributed by atoms with Crippen LogP contribution in [0.5, 0.6) is 5.75 Å². The van der Waals surface area contributed by atoms with E-state index in [0.717, 1.165) is 15.3 Å². The summed E-state index contributed by atoms with van der Waals surface area (Å²) in [5.74, 6) is -0.700. The van der Waals surface area contributed by atoms with Crippen LogP contribution in [0, 0.1) is 0 Å². The Balaban J connectivity index is 1.84. The average molecular weight is 513 g/mol. The van der Waals surface area contributed by atoms with Crippen LogP contribution in [-0.4, -0.2) is 46.1 Å². The predicted molar refractivity (Wildman–Crippen MR) is 118 cm³/mol. The van der Waals surface area contributed by atoms with Crippen molar-refractivity contribution in [1.29, 1.82) is 0 Å². The summed E-state index contributed by atoms with van der Waals surface area (Å²) in [6.07, 6.45) is -2.12. The highest BCUT2D eigenvalue weighted by molar-refractivity contribution is 7.91. The van der Waals surface area contributed by atoms with Gasteiger partial charge in [0.1, 0.15) is 10.6 Å². The van der Waals surface area contributed by atoms with E-state index >= 15 is 0 Å². The molecule has 3 aromatic heterocycles. The van der Waals surface area contributed by atoms with Crippen molar-refractivity contribution in [3.8, 4) is 22.7 Å². The van der Waals surface area contributed by atoms with Gasteiger partial charge in [-0.3, -0.25) is 0 Å². The van der Waals surface area contributed by atoms with E-state index in [9.17, 15) is 26.4 Å². The monoisotopic (exact) mass is 512 g/mol. The van der Waals surface area contributed by atoms with Crippen molar-refractivity contribution in [1.82, 2.24) is 19.2 Å². The number of aromatic nitrogens is 4. The average Bonchev–Trinajstić information content (AvgIpc) is 3.13. The second-order valence-electron chi connectivity index (χ2n) is 7.15. The summed E-state index contributed by atoms with van der Waals surface area (Å²) in [6, 6.07) is 10.6. The number of fused-ring (bicyclic) bond motifs is 1. The van der Waals surface area contributed by atoms with E-state index in [4.69, 9.17) is 11.6 Å². The van der Waals surface area contributed by atoms with Crippen LogP contribution in [0.2, 0.25) is 5.02 Å². The second-order valence-corrected chi connectivity index (χ2v) is 9.83. The van der Waals surface area contributed by atoms with E-state index < -0.39 is 28.3 Å². The first-order chi connectivity index (χ1) is 16.0. The van der Waals surface area contributed by atoms with Gasteiger partial charge in [0.2, 0.25) is 0 Å². The number of ether oxygens (including phenoxy) is 1. The van der Waals surface area contributed by atoms with E-state index in [1.54, 1.807) is 24.3 Å². The highest BCUT2D eigenvalue weighted by Gasteiger charge is 2.29. The van der Waals surface area contributed by atoms with E-state index in [1.165, 1.54) is 31.3 Å². The summed E-state index contributed by atoms with van der Waals surface area (Å²) in [5, 5.41) is 4.60. The topological polar surface area (TPSA) is 95.6 Å². The van der Waals surface area contributed by atoms with Crippen molar-refractivity contribution in [3.05, 3.63) is 70.4 Å². The third-order valence-corrected chi connectivity index (χ3v) is 6.80. The lowest BCUT2D eigenvalue weighted by atomic mass is 10.1. The molecule has 0 N–H and O–H groups in total. The summed E-state index contributed by atoms with van der Waals surface area (Å²) in [5.41, 5.74) is 0.372. The molecule has 0 spiro atoms. The Morgan fingerprint density at radius 2 is 1.79 bits per heavy atom. The van der Waals surface area contributed by atoms with Crippen molar-refractivity contribution < 1.29 is 26.3 Å². The molecule has 0 saturated carbocycles. The predicted octanol–water partition coefficient (Wildman–Crippen LogP) is 3.94. The molecular formula is C21H16ClF3N4O4S. The number of sulfone groups is 1. The molecule has 4 aromatic rings. The van der Waals surface area contributed by atoms with Gasteiger partial charge < -0.3 is 4.74 Å². The van der Waals surface area contributed by atoms with E-state index in [0.29, 0.717) is 16.1 Å². The first-order valence-corrected chi connectivity index (χ1v) is 11.8. The standard InChI is InChI=1S/C21H16ClF3N4O4S/c1-2-34(31,32)17-9-14(13-3-5-15(22)6-4-13)10-26-19(17)29-20(30)28-11-16(7-8-18(28)27-29)33-12-21(23,24)25/h3-11H,2,12H2,1H3. The molecule has 0 aliphatic rings. The third kappa shape index (κ3) is 4.77. The quantitative estimate of drug-likeness (QED) is 0.388. The number of alkyl halides is 3. The molecule has 8 nitrogen and oxygen atoms in total. The third-order valence-electron chi connectivity index (χ3n) is 4.82. The van der Waals surface area contributed by atoms with Crippen LogP contribution in [0.1, 0.15) is 6.92 Å². The fourth-order valence-electron chi connectivity index (χ4n) is 3.12. The fourth-order valence-corrected chi connectivity index (χ4v) is 4.29. The second kappa shape index (κ2) is 8.76. The van der Waals surface area contributed by atoms with Crippen LogP contribution >= 0.6 is 11.6 Å². The van der Waals surface area contributed by atoms with E-state index in [-0.39, 0.29) is 27.9 Å². The summed E-state index contributed by atoms with van der Waals surface area (Å²) in [6.45, 7) is -0.0845. The maximum atomic E-state index is 13.0. The molecule has 3 heterocycles. The number of rotatable bonds is 6. The van der Waals surface area contributed by atoms with Crippen LogP contribution in [0.4, 0.5) is 13.2 Å². The van der Waals surface area contributed by atoms with Crippen molar-refractivity contribution in [2.45, 2.75) is 18.0 Å². The first kappa shape index (κ1) is 23.8. The minimum Gasteiger partial charge on any atom is -0.483 e. The van der Waals surface area contributed by atoms with Gasteiger partial charge in [-0.25, -0.2) is 22.6 Å². The fraction of sp³-hybridized carbons (Fsp3) is 0.190. The zero-order valence-corrected chi connectivity index (χ0v) is 19.0. The molecule has 13 heteroatoms.